The van der Waals surface area contributed by atoms with Crippen molar-refractivity contribution in [3.63, 3.8) is 0 Å². The molecule has 0 spiro atoms. The van der Waals surface area contributed by atoms with E-state index < -0.39 is 0 Å². The maximum Gasteiger partial charge on any atom is 0.155 e. The SMILES string of the molecule is CCCC12CCCCCCCCCCCCCCC(C)(CC)Cc3cc(C(C)(C)C)cc1c3ON2. The van der Waals surface area contributed by atoms with Crippen LogP contribution in [0.15, 0.2) is 12.1 Å². The zero-order valence-corrected chi connectivity index (χ0v) is 24.3. The number of hydrogen-bond acceptors (Lipinski definition) is 2. The van der Waals surface area contributed by atoms with Gasteiger partial charge in [0.1, 0.15) is 0 Å². The largest absolute Gasteiger partial charge is 0.407 e. The minimum Gasteiger partial charge on any atom is -0.407 e. The molecule has 0 saturated heterocycles. The van der Waals surface area contributed by atoms with Crippen LogP contribution in [0.25, 0.3) is 0 Å². The van der Waals surface area contributed by atoms with Gasteiger partial charge in [-0.15, -0.1) is 5.48 Å². The molecule has 4 bridgehead atoms. The van der Waals surface area contributed by atoms with Crippen LogP contribution in [0, 0.1) is 5.41 Å². The van der Waals surface area contributed by atoms with Crippen molar-refractivity contribution in [2.24, 2.45) is 5.41 Å². The average Bonchev–Trinajstić information content (AvgIpc) is 3.17. The summed E-state index contributed by atoms with van der Waals surface area (Å²) in [5.74, 6) is 1.17. The van der Waals surface area contributed by atoms with Crippen LogP contribution >= 0.6 is 0 Å². The Hall–Kier alpha value is -1.02. The lowest BCUT2D eigenvalue weighted by atomic mass is 9.73. The number of hydrogen-bond donors (Lipinski definition) is 1. The average molecular weight is 484 g/mol. The molecular weight excluding hydrogens is 426 g/mol. The highest BCUT2D eigenvalue weighted by molar-refractivity contribution is 5.52. The van der Waals surface area contributed by atoms with Crippen molar-refractivity contribution < 1.29 is 4.84 Å². The Morgan fingerprint density at radius 3 is 1.86 bits per heavy atom. The summed E-state index contributed by atoms with van der Waals surface area (Å²) in [4.78, 5) is 6.45. The monoisotopic (exact) mass is 483 g/mol. The van der Waals surface area contributed by atoms with Gasteiger partial charge in [0.2, 0.25) is 0 Å². The van der Waals surface area contributed by atoms with Gasteiger partial charge in [-0.1, -0.05) is 138 Å². The first-order valence-corrected chi connectivity index (χ1v) is 15.3. The first-order valence-electron chi connectivity index (χ1n) is 15.3. The van der Waals surface area contributed by atoms with Crippen LogP contribution in [-0.4, -0.2) is 0 Å². The lowest BCUT2D eigenvalue weighted by Gasteiger charge is -2.32. The number of benzene rings is 1. The van der Waals surface area contributed by atoms with E-state index in [0.29, 0.717) is 5.41 Å². The van der Waals surface area contributed by atoms with Crippen LogP contribution < -0.4 is 10.3 Å². The van der Waals surface area contributed by atoms with E-state index in [4.69, 9.17) is 4.84 Å². The maximum atomic E-state index is 6.45. The maximum absolute atomic E-state index is 6.45. The Balaban J connectivity index is 1.95. The Labute approximate surface area is 218 Å². The summed E-state index contributed by atoms with van der Waals surface area (Å²) in [7, 11) is 0. The second-order valence-electron chi connectivity index (χ2n) is 13.4. The predicted octanol–water partition coefficient (Wildman–Crippen LogP) is 10.3. The van der Waals surface area contributed by atoms with E-state index in [-0.39, 0.29) is 11.0 Å². The molecule has 35 heavy (non-hydrogen) atoms. The molecule has 1 aliphatic carbocycles. The third-order valence-corrected chi connectivity index (χ3v) is 9.18. The molecule has 0 radical (unpaired) electrons. The zero-order chi connectivity index (χ0) is 25.4. The molecule has 0 aromatic heterocycles. The summed E-state index contributed by atoms with van der Waals surface area (Å²) < 4.78 is 0. The highest BCUT2D eigenvalue weighted by Gasteiger charge is 2.42. The van der Waals surface area contributed by atoms with E-state index in [1.54, 1.807) is 0 Å². The van der Waals surface area contributed by atoms with Gasteiger partial charge in [-0.05, 0) is 53.7 Å². The lowest BCUT2D eigenvalue weighted by molar-refractivity contribution is 0.109. The smallest absolute Gasteiger partial charge is 0.155 e. The molecule has 1 heterocycles. The van der Waals surface area contributed by atoms with Crippen LogP contribution in [0.3, 0.4) is 0 Å². The molecule has 1 aliphatic heterocycles. The van der Waals surface area contributed by atoms with Gasteiger partial charge >= 0.3 is 0 Å². The normalized spacial score (nSPS) is 27.8. The quantitative estimate of drug-likeness (QED) is 0.461. The van der Waals surface area contributed by atoms with Gasteiger partial charge in [-0.2, -0.15) is 0 Å². The second kappa shape index (κ2) is 13.0. The summed E-state index contributed by atoms with van der Waals surface area (Å²) in [5.41, 5.74) is 8.45. The van der Waals surface area contributed by atoms with Gasteiger partial charge < -0.3 is 4.84 Å². The molecule has 0 amide bonds. The highest BCUT2D eigenvalue weighted by atomic mass is 16.7. The number of hydroxylamine groups is 1. The molecule has 0 saturated carbocycles. The Bertz CT molecular complexity index is 778. The topological polar surface area (TPSA) is 21.3 Å². The summed E-state index contributed by atoms with van der Waals surface area (Å²) in [6.07, 6.45) is 24.0. The standard InChI is InChI=1S/C33H57NO/c1-7-21-33-23-20-18-16-14-12-10-9-11-13-15-17-19-22-32(6,8-2)26-27-24-28(31(3,4)5)25-29(33)30(27)35-34-33/h24-25,34H,7-23,26H2,1-6H3. The molecule has 1 aromatic rings. The molecule has 1 aromatic carbocycles. The zero-order valence-electron chi connectivity index (χ0n) is 24.3. The first kappa shape index (κ1) is 28.5. The fraction of sp³-hybridized carbons (Fsp3) is 0.818. The second-order valence-corrected chi connectivity index (χ2v) is 13.4. The van der Waals surface area contributed by atoms with Crippen LogP contribution in [0.5, 0.6) is 5.75 Å². The summed E-state index contributed by atoms with van der Waals surface area (Å²) in [6, 6.07) is 4.99. The van der Waals surface area contributed by atoms with Gasteiger partial charge in [0.05, 0.1) is 5.54 Å². The molecular formula is C33H57NO. The molecule has 1 N–H and O–H groups in total. The van der Waals surface area contributed by atoms with Crippen molar-refractivity contribution in [3.05, 3.63) is 28.8 Å². The van der Waals surface area contributed by atoms with E-state index in [9.17, 15) is 0 Å². The summed E-state index contributed by atoms with van der Waals surface area (Å²) >= 11 is 0. The van der Waals surface area contributed by atoms with Crippen molar-refractivity contribution in [1.82, 2.24) is 5.48 Å². The molecule has 3 rings (SSSR count). The van der Waals surface area contributed by atoms with E-state index in [0.717, 1.165) is 12.8 Å². The fourth-order valence-corrected chi connectivity index (χ4v) is 6.45. The molecule has 200 valence electrons. The van der Waals surface area contributed by atoms with Crippen LogP contribution in [0.1, 0.15) is 167 Å². The van der Waals surface area contributed by atoms with Gasteiger partial charge in [-0.3, -0.25) is 0 Å². The molecule has 2 aliphatic rings. The van der Waals surface area contributed by atoms with Crippen molar-refractivity contribution in [2.45, 2.75) is 168 Å². The molecule has 2 atom stereocenters. The van der Waals surface area contributed by atoms with E-state index in [1.807, 2.05) is 0 Å². The Morgan fingerprint density at radius 1 is 0.800 bits per heavy atom. The van der Waals surface area contributed by atoms with Crippen LogP contribution in [-0.2, 0) is 17.4 Å². The van der Waals surface area contributed by atoms with Gasteiger partial charge in [0, 0.05) is 5.56 Å². The molecule has 0 fully saturated rings. The fourth-order valence-electron chi connectivity index (χ4n) is 6.45. The third-order valence-electron chi connectivity index (χ3n) is 9.18. The minimum absolute atomic E-state index is 0.0243. The number of rotatable bonds is 3. The van der Waals surface area contributed by atoms with Gasteiger partial charge in [0.25, 0.3) is 0 Å². The van der Waals surface area contributed by atoms with Crippen molar-refractivity contribution in [1.29, 1.82) is 0 Å². The Morgan fingerprint density at radius 2 is 1.34 bits per heavy atom. The van der Waals surface area contributed by atoms with E-state index >= 15 is 0 Å². The highest BCUT2D eigenvalue weighted by Crippen LogP contribution is 2.48. The first-order chi connectivity index (χ1) is 16.7. The van der Waals surface area contributed by atoms with Crippen molar-refractivity contribution in [3.8, 4) is 5.75 Å². The minimum atomic E-state index is -0.0243. The summed E-state index contributed by atoms with van der Waals surface area (Å²) in [6.45, 7) is 14.3. The third kappa shape index (κ3) is 7.73. The number of nitrogens with one attached hydrogen (secondary N) is 1. The lowest BCUT2D eigenvalue weighted by Crippen LogP contribution is -2.38. The molecule has 2 heteroatoms. The van der Waals surface area contributed by atoms with Crippen molar-refractivity contribution >= 4 is 0 Å². The van der Waals surface area contributed by atoms with Crippen LogP contribution in [0.4, 0.5) is 0 Å². The van der Waals surface area contributed by atoms with Gasteiger partial charge in [-0.25, -0.2) is 0 Å². The summed E-state index contributed by atoms with van der Waals surface area (Å²) in [5, 5.41) is 0. The molecule has 2 nitrogen and oxygen atoms in total. The van der Waals surface area contributed by atoms with Gasteiger partial charge in [0.15, 0.2) is 5.75 Å². The van der Waals surface area contributed by atoms with Crippen LogP contribution in [0.2, 0.25) is 0 Å². The molecule has 2 unspecified atom stereocenters. The predicted molar refractivity (Wildman–Crippen MR) is 152 cm³/mol. The van der Waals surface area contributed by atoms with Crippen molar-refractivity contribution in [2.75, 3.05) is 0 Å². The van der Waals surface area contributed by atoms with E-state index in [2.05, 4.69) is 59.2 Å². The van der Waals surface area contributed by atoms with E-state index in [1.165, 1.54) is 125 Å². The Kier molecular flexibility index (Phi) is 10.6.